The Bertz CT molecular complexity index is 1130. The molecule has 0 atom stereocenters. The van der Waals surface area contributed by atoms with E-state index in [1.807, 2.05) is 31.4 Å². The molecule has 0 aliphatic heterocycles. The molecular weight excluding hydrogens is 387 g/mol. The smallest absolute Gasteiger partial charge is 0.285 e. The van der Waals surface area contributed by atoms with E-state index in [0.29, 0.717) is 24.6 Å². The van der Waals surface area contributed by atoms with Gasteiger partial charge in [0, 0.05) is 13.2 Å². The minimum absolute atomic E-state index is 0.0365. The van der Waals surface area contributed by atoms with E-state index in [1.165, 1.54) is 23.5 Å². The van der Waals surface area contributed by atoms with Crippen LogP contribution in [-0.4, -0.2) is 26.2 Å². The van der Waals surface area contributed by atoms with Crippen LogP contribution in [0.2, 0.25) is 0 Å². The Balaban J connectivity index is 2.19. The second kappa shape index (κ2) is 7.92. The van der Waals surface area contributed by atoms with Gasteiger partial charge in [0.15, 0.2) is 0 Å². The average molecular weight is 409 g/mol. The molecule has 8 heteroatoms. The maximum absolute atomic E-state index is 13.1. The number of rotatable bonds is 6. The summed E-state index contributed by atoms with van der Waals surface area (Å²) in [5.41, 5.74) is 3.10. The van der Waals surface area contributed by atoms with Crippen LogP contribution in [-0.2, 0) is 21.3 Å². The number of aromatic nitrogens is 1. The lowest BCUT2D eigenvalue weighted by Crippen LogP contribution is -2.20. The molecule has 0 unspecified atom stereocenters. The molecule has 0 fully saturated rings. The fourth-order valence-electron chi connectivity index (χ4n) is 2.86. The summed E-state index contributed by atoms with van der Waals surface area (Å²) in [5, 5.41) is 0. The van der Waals surface area contributed by atoms with E-state index in [0.717, 1.165) is 33.5 Å². The lowest BCUT2D eigenvalue weighted by Gasteiger charge is -2.07. The van der Waals surface area contributed by atoms with Gasteiger partial charge in [-0.05, 0) is 62.2 Å². The molecule has 1 aromatic heterocycles. The van der Waals surface area contributed by atoms with E-state index in [4.69, 9.17) is 4.74 Å². The van der Waals surface area contributed by atoms with E-state index in [-0.39, 0.29) is 4.90 Å². The number of fused-ring (bicyclic) bond motifs is 1. The van der Waals surface area contributed by atoms with E-state index in [1.54, 1.807) is 0 Å². The van der Waals surface area contributed by atoms with Gasteiger partial charge >= 0.3 is 0 Å². The standard InChI is InChI=1S/C19H21FN2O3S2/c1-4-25-10-9-22-17-12-13(2)11-14(3)18(17)26-19(22)21-27(23,24)16-7-5-15(20)6-8-16/h5-8,11-12H,4,9-10H2,1-3H3. The summed E-state index contributed by atoms with van der Waals surface area (Å²) in [6, 6.07) is 8.76. The van der Waals surface area contributed by atoms with E-state index >= 15 is 0 Å². The Labute approximate surface area is 161 Å². The van der Waals surface area contributed by atoms with E-state index in [2.05, 4.69) is 10.5 Å². The van der Waals surface area contributed by atoms with Crippen LogP contribution in [0.25, 0.3) is 10.2 Å². The molecule has 0 N–H and O–H groups in total. The van der Waals surface area contributed by atoms with Gasteiger partial charge in [0.25, 0.3) is 10.0 Å². The largest absolute Gasteiger partial charge is 0.380 e. The van der Waals surface area contributed by atoms with Crippen LogP contribution >= 0.6 is 11.3 Å². The first-order chi connectivity index (χ1) is 12.8. The van der Waals surface area contributed by atoms with E-state index < -0.39 is 15.8 Å². The van der Waals surface area contributed by atoms with Crippen molar-refractivity contribution in [3.8, 4) is 0 Å². The van der Waals surface area contributed by atoms with Crippen molar-refractivity contribution in [1.29, 1.82) is 0 Å². The SMILES string of the molecule is CCOCCn1c(=NS(=O)(=O)c2ccc(F)cc2)sc2c(C)cc(C)cc21. The molecule has 0 spiro atoms. The summed E-state index contributed by atoms with van der Waals surface area (Å²) < 4.78 is 50.9. The second-order valence-corrected chi connectivity index (χ2v) is 8.77. The monoisotopic (exact) mass is 408 g/mol. The first-order valence-electron chi connectivity index (χ1n) is 8.56. The lowest BCUT2D eigenvalue weighted by atomic mass is 10.1. The number of halogens is 1. The van der Waals surface area contributed by atoms with E-state index in [9.17, 15) is 12.8 Å². The van der Waals surface area contributed by atoms with Gasteiger partial charge in [0.1, 0.15) is 5.82 Å². The molecule has 27 heavy (non-hydrogen) atoms. The number of ether oxygens (including phenoxy) is 1. The molecule has 0 aliphatic rings. The molecule has 2 aromatic carbocycles. The molecule has 3 aromatic rings. The van der Waals surface area contributed by atoms with Crippen LogP contribution < -0.4 is 4.80 Å². The highest BCUT2D eigenvalue weighted by molar-refractivity contribution is 7.90. The van der Waals surface area contributed by atoms with Gasteiger partial charge in [0.05, 0.1) is 21.7 Å². The topological polar surface area (TPSA) is 60.7 Å². The molecule has 0 bridgehead atoms. The van der Waals surface area contributed by atoms with Crippen LogP contribution in [0.1, 0.15) is 18.1 Å². The molecule has 0 saturated heterocycles. The normalized spacial score (nSPS) is 12.8. The van der Waals surface area contributed by atoms with Crippen LogP contribution in [0, 0.1) is 19.7 Å². The second-order valence-electron chi connectivity index (χ2n) is 6.18. The maximum atomic E-state index is 13.1. The summed E-state index contributed by atoms with van der Waals surface area (Å²) in [6.07, 6.45) is 0. The summed E-state index contributed by atoms with van der Waals surface area (Å²) >= 11 is 1.33. The van der Waals surface area contributed by atoms with Crippen molar-refractivity contribution >= 4 is 31.6 Å². The Morgan fingerprint density at radius 1 is 1.19 bits per heavy atom. The van der Waals surface area contributed by atoms with Crippen LogP contribution in [0.3, 0.4) is 0 Å². The van der Waals surface area contributed by atoms with Gasteiger partial charge in [0.2, 0.25) is 4.80 Å². The van der Waals surface area contributed by atoms with Crippen molar-refractivity contribution in [3.63, 3.8) is 0 Å². The molecule has 0 aliphatic carbocycles. The van der Waals surface area contributed by atoms with Gasteiger partial charge in [-0.3, -0.25) is 0 Å². The minimum atomic E-state index is -3.95. The van der Waals surface area contributed by atoms with Crippen molar-refractivity contribution in [2.24, 2.45) is 4.40 Å². The molecule has 0 radical (unpaired) electrons. The Morgan fingerprint density at radius 3 is 2.56 bits per heavy atom. The van der Waals surface area contributed by atoms with Gasteiger partial charge < -0.3 is 9.30 Å². The summed E-state index contributed by atoms with van der Waals surface area (Å²) in [6.45, 7) is 7.45. The van der Waals surface area contributed by atoms with Crippen LogP contribution in [0.5, 0.6) is 0 Å². The van der Waals surface area contributed by atoms with Gasteiger partial charge in [-0.2, -0.15) is 8.42 Å². The molecule has 0 saturated carbocycles. The molecule has 1 heterocycles. The zero-order valence-corrected chi connectivity index (χ0v) is 17.0. The third-order valence-electron chi connectivity index (χ3n) is 4.09. The number of sulfonamides is 1. The predicted molar refractivity (Wildman–Crippen MR) is 105 cm³/mol. The first-order valence-corrected chi connectivity index (χ1v) is 10.8. The Hall–Kier alpha value is -2.03. The summed E-state index contributed by atoms with van der Waals surface area (Å²) in [4.78, 5) is 0.341. The number of hydrogen-bond donors (Lipinski definition) is 0. The van der Waals surface area contributed by atoms with Gasteiger partial charge in [-0.1, -0.05) is 17.4 Å². The predicted octanol–water partition coefficient (Wildman–Crippen LogP) is 3.78. The summed E-state index contributed by atoms with van der Waals surface area (Å²) in [7, 11) is -3.95. The number of thiazole rings is 1. The third-order valence-corrected chi connectivity index (χ3v) is 6.71. The number of nitrogens with zero attached hydrogens (tertiary/aromatic N) is 2. The molecule has 0 amide bonds. The summed E-state index contributed by atoms with van der Waals surface area (Å²) in [5.74, 6) is -0.492. The number of hydrogen-bond acceptors (Lipinski definition) is 4. The van der Waals surface area contributed by atoms with Crippen molar-refractivity contribution in [2.45, 2.75) is 32.2 Å². The van der Waals surface area contributed by atoms with Crippen LogP contribution in [0.4, 0.5) is 4.39 Å². The fourth-order valence-corrected chi connectivity index (χ4v) is 5.17. The highest BCUT2D eigenvalue weighted by Gasteiger charge is 2.16. The van der Waals surface area contributed by atoms with Crippen molar-refractivity contribution in [3.05, 3.63) is 58.1 Å². The zero-order valence-electron chi connectivity index (χ0n) is 15.4. The molecule has 144 valence electrons. The number of benzene rings is 2. The fraction of sp³-hybridized carbons (Fsp3) is 0.316. The maximum Gasteiger partial charge on any atom is 0.285 e. The highest BCUT2D eigenvalue weighted by Crippen LogP contribution is 2.24. The number of aryl methyl sites for hydroxylation is 2. The average Bonchev–Trinajstić information content (AvgIpc) is 2.93. The molecule has 5 nitrogen and oxygen atoms in total. The minimum Gasteiger partial charge on any atom is -0.380 e. The Kier molecular flexibility index (Phi) is 5.78. The quantitative estimate of drug-likeness (QED) is 0.583. The van der Waals surface area contributed by atoms with Crippen molar-refractivity contribution < 1.29 is 17.5 Å². The third kappa shape index (κ3) is 4.28. The highest BCUT2D eigenvalue weighted by atomic mass is 32.2. The zero-order chi connectivity index (χ0) is 19.6. The first kappa shape index (κ1) is 19.7. The Morgan fingerprint density at radius 2 is 1.89 bits per heavy atom. The van der Waals surface area contributed by atoms with Crippen LogP contribution in [0.15, 0.2) is 45.7 Å². The molecular formula is C19H21FN2O3S2. The molecule has 3 rings (SSSR count). The van der Waals surface area contributed by atoms with Gasteiger partial charge in [-0.15, -0.1) is 4.40 Å². The lowest BCUT2D eigenvalue weighted by molar-refractivity contribution is 0.139. The van der Waals surface area contributed by atoms with Crippen molar-refractivity contribution in [2.75, 3.05) is 13.2 Å². The van der Waals surface area contributed by atoms with Gasteiger partial charge in [-0.25, -0.2) is 4.39 Å². The van der Waals surface area contributed by atoms with Crippen molar-refractivity contribution in [1.82, 2.24) is 4.57 Å².